The molecule has 0 aromatic rings. The van der Waals surface area contributed by atoms with Crippen LogP contribution in [-0.2, 0) is 28.6 Å². The number of rotatable bonds is 46. The van der Waals surface area contributed by atoms with Gasteiger partial charge in [0.25, 0.3) is 0 Å². The second-order valence-electron chi connectivity index (χ2n) is 18.4. The van der Waals surface area contributed by atoms with Crippen LogP contribution in [0.1, 0.15) is 226 Å². The van der Waals surface area contributed by atoms with E-state index in [1.807, 2.05) is 21.1 Å². The Balaban J connectivity index is 4.26. The molecule has 8 heteroatoms. The van der Waals surface area contributed by atoms with Gasteiger partial charge in [0.05, 0.1) is 34.4 Å². The third-order valence-corrected chi connectivity index (χ3v) is 11.5. The molecular weight excluding hydrogens is 775 g/mol. The average Bonchev–Trinajstić information content (AvgIpc) is 3.23. The Labute approximate surface area is 382 Å². The second kappa shape index (κ2) is 44.9. The number of aliphatic carboxylic acids is 1. The van der Waals surface area contributed by atoms with Crippen LogP contribution in [0.5, 0.6) is 0 Å². The summed E-state index contributed by atoms with van der Waals surface area (Å²) in [4.78, 5) is 37.2. The zero-order valence-electron chi connectivity index (χ0n) is 41.1. The lowest BCUT2D eigenvalue weighted by Gasteiger charge is -2.31. The highest BCUT2D eigenvalue weighted by atomic mass is 16.6. The van der Waals surface area contributed by atoms with Crippen molar-refractivity contribution in [1.82, 2.24) is 0 Å². The van der Waals surface area contributed by atoms with Crippen LogP contribution in [0, 0.1) is 0 Å². The summed E-state index contributed by atoms with van der Waals surface area (Å²) >= 11 is 0. The molecule has 2 unspecified atom stereocenters. The number of carbonyl (C=O) groups is 3. The molecule has 0 aliphatic rings. The third-order valence-electron chi connectivity index (χ3n) is 11.5. The van der Waals surface area contributed by atoms with Crippen LogP contribution in [0.15, 0.2) is 48.6 Å². The van der Waals surface area contributed by atoms with E-state index in [-0.39, 0.29) is 36.2 Å². The number of likely N-dealkylation sites (N-methyl/N-ethyl adjacent to an activating group) is 1. The van der Waals surface area contributed by atoms with Gasteiger partial charge >= 0.3 is 17.9 Å². The van der Waals surface area contributed by atoms with Gasteiger partial charge in [0, 0.05) is 19.3 Å². The molecule has 0 aliphatic carbocycles. The van der Waals surface area contributed by atoms with Crippen LogP contribution < -0.4 is 0 Å². The lowest BCUT2D eigenvalue weighted by molar-refractivity contribution is -0.887. The molecule has 0 bridgehead atoms. The Kier molecular flexibility index (Phi) is 42.9. The Hall–Kier alpha value is -2.71. The van der Waals surface area contributed by atoms with Gasteiger partial charge in [-0.05, 0) is 51.4 Å². The summed E-state index contributed by atoms with van der Waals surface area (Å²) in [5.74, 6) is -1.47. The van der Waals surface area contributed by atoms with Gasteiger partial charge < -0.3 is 23.8 Å². The van der Waals surface area contributed by atoms with Crippen molar-refractivity contribution < 1.29 is 38.2 Å². The number of carboxylic acid groups (broad SMARTS) is 1. The fourth-order valence-electron chi connectivity index (χ4n) is 7.55. The average molecular weight is 873 g/mol. The number of carbonyl (C=O) groups excluding carboxylic acids is 2. The number of nitrogens with zero attached hydrogens (tertiary/aromatic N) is 1. The van der Waals surface area contributed by atoms with Gasteiger partial charge in [-0.3, -0.25) is 9.59 Å². The van der Waals surface area contributed by atoms with Crippen molar-refractivity contribution in [3.8, 4) is 0 Å². The molecule has 8 nitrogen and oxygen atoms in total. The van der Waals surface area contributed by atoms with Crippen LogP contribution in [0.25, 0.3) is 0 Å². The summed E-state index contributed by atoms with van der Waals surface area (Å²) in [6.45, 7) is 4.64. The van der Waals surface area contributed by atoms with Crippen LogP contribution >= 0.6 is 0 Å². The molecular formula is C54H98NO7+. The molecule has 360 valence electrons. The summed E-state index contributed by atoms with van der Waals surface area (Å²) in [5.41, 5.74) is 0. The fourth-order valence-corrected chi connectivity index (χ4v) is 7.55. The summed E-state index contributed by atoms with van der Waals surface area (Å²) in [5, 5.41) is 9.65. The van der Waals surface area contributed by atoms with Crippen molar-refractivity contribution in [3.05, 3.63) is 48.6 Å². The smallest absolute Gasteiger partial charge is 0.362 e. The standard InChI is InChI=1S/C54H97NO7/c1-6-8-10-12-14-16-18-20-22-24-26-28-30-32-34-36-38-40-42-44-52(56)61-49-50(48-60-47-46-51(54(58)59)55(3,4)5)62-53(57)45-43-41-39-37-35-33-31-29-27-25-23-21-19-17-15-13-11-9-7-2/h8,10,14,16,20,22,26,28,50-51H,6-7,9,11-13,15,17-19,21,23-25,27,29-49H2,1-5H3/p+1/b10-8+,16-14+,22-20+,28-26+. The van der Waals surface area contributed by atoms with E-state index in [9.17, 15) is 19.5 Å². The summed E-state index contributed by atoms with van der Waals surface area (Å²) in [7, 11) is 5.53. The first kappa shape index (κ1) is 59.3. The molecule has 2 atom stereocenters. The van der Waals surface area contributed by atoms with Crippen molar-refractivity contribution in [3.63, 3.8) is 0 Å². The summed E-state index contributed by atoms with van der Waals surface area (Å²) in [6.07, 6.45) is 54.4. The number of ether oxygens (including phenoxy) is 3. The van der Waals surface area contributed by atoms with Gasteiger partial charge in [-0.2, -0.15) is 0 Å². The van der Waals surface area contributed by atoms with Gasteiger partial charge in [0.15, 0.2) is 12.1 Å². The largest absolute Gasteiger partial charge is 0.477 e. The van der Waals surface area contributed by atoms with Gasteiger partial charge in [-0.25, -0.2) is 4.79 Å². The Bertz CT molecular complexity index is 1150. The Morgan fingerprint density at radius 3 is 1.34 bits per heavy atom. The molecule has 1 N–H and O–H groups in total. The van der Waals surface area contributed by atoms with E-state index in [1.54, 1.807) is 0 Å². The topological polar surface area (TPSA) is 99.1 Å². The van der Waals surface area contributed by atoms with E-state index >= 15 is 0 Å². The SMILES string of the molecule is CC/C=C/C/C=C/C/C=C/C/C=C/CCCCCCCCC(=O)OCC(COCCC(C(=O)O)[N+](C)(C)C)OC(=O)CCCCCCCCCCCCCCCCCCCCC. The molecule has 0 aromatic carbocycles. The number of allylic oxidation sites excluding steroid dienone is 8. The maximum atomic E-state index is 12.8. The second-order valence-corrected chi connectivity index (χ2v) is 18.4. The Morgan fingerprint density at radius 2 is 0.903 bits per heavy atom. The highest BCUT2D eigenvalue weighted by molar-refractivity contribution is 5.72. The summed E-state index contributed by atoms with van der Waals surface area (Å²) in [6, 6.07) is -0.617. The van der Waals surface area contributed by atoms with E-state index in [2.05, 4.69) is 62.5 Å². The van der Waals surface area contributed by atoms with E-state index < -0.39 is 18.1 Å². The third kappa shape index (κ3) is 42.6. The highest BCUT2D eigenvalue weighted by Crippen LogP contribution is 2.16. The van der Waals surface area contributed by atoms with E-state index in [4.69, 9.17) is 14.2 Å². The highest BCUT2D eigenvalue weighted by Gasteiger charge is 2.31. The molecule has 0 fully saturated rings. The number of hydrogen-bond acceptors (Lipinski definition) is 6. The summed E-state index contributed by atoms with van der Waals surface area (Å²) < 4.78 is 17.4. The number of quaternary nitrogens is 1. The Morgan fingerprint density at radius 1 is 0.500 bits per heavy atom. The number of hydrogen-bond donors (Lipinski definition) is 1. The molecule has 62 heavy (non-hydrogen) atoms. The number of esters is 2. The molecule has 0 amide bonds. The molecule has 0 saturated heterocycles. The molecule has 0 rings (SSSR count). The lowest BCUT2D eigenvalue weighted by Crippen LogP contribution is -2.50. The van der Waals surface area contributed by atoms with Gasteiger partial charge in [-0.1, -0.05) is 204 Å². The predicted molar refractivity (Wildman–Crippen MR) is 261 cm³/mol. The maximum Gasteiger partial charge on any atom is 0.362 e. The monoisotopic (exact) mass is 873 g/mol. The molecule has 0 aliphatic heterocycles. The minimum Gasteiger partial charge on any atom is -0.477 e. The molecule has 0 aromatic heterocycles. The van der Waals surface area contributed by atoms with Crippen molar-refractivity contribution in [2.75, 3.05) is 41.0 Å². The molecule has 0 spiro atoms. The fraction of sp³-hybridized carbons (Fsp3) is 0.796. The first-order valence-corrected chi connectivity index (χ1v) is 25.7. The van der Waals surface area contributed by atoms with Crippen molar-refractivity contribution in [2.45, 2.75) is 238 Å². The van der Waals surface area contributed by atoms with E-state index in [1.165, 1.54) is 116 Å². The van der Waals surface area contributed by atoms with E-state index in [0.29, 0.717) is 19.3 Å². The van der Waals surface area contributed by atoms with Crippen molar-refractivity contribution in [1.29, 1.82) is 0 Å². The van der Waals surface area contributed by atoms with Crippen molar-refractivity contribution >= 4 is 17.9 Å². The van der Waals surface area contributed by atoms with Crippen molar-refractivity contribution in [2.24, 2.45) is 0 Å². The molecule has 0 radical (unpaired) electrons. The minimum absolute atomic E-state index is 0.0568. The lowest BCUT2D eigenvalue weighted by atomic mass is 10.0. The van der Waals surface area contributed by atoms with Crippen LogP contribution in [-0.4, -0.2) is 80.6 Å². The van der Waals surface area contributed by atoms with Crippen LogP contribution in [0.3, 0.4) is 0 Å². The predicted octanol–water partition coefficient (Wildman–Crippen LogP) is 14.8. The number of carboxylic acids is 1. The maximum absolute atomic E-state index is 12.8. The van der Waals surface area contributed by atoms with Gasteiger partial charge in [-0.15, -0.1) is 0 Å². The molecule has 0 saturated carbocycles. The normalized spacial score (nSPS) is 13.2. The first-order chi connectivity index (χ1) is 30.1. The zero-order chi connectivity index (χ0) is 45.6. The first-order valence-electron chi connectivity index (χ1n) is 25.7. The minimum atomic E-state index is -0.876. The van der Waals surface area contributed by atoms with E-state index in [0.717, 1.165) is 77.0 Å². The van der Waals surface area contributed by atoms with Crippen LogP contribution in [0.2, 0.25) is 0 Å². The quantitative estimate of drug-likeness (QED) is 0.0281. The zero-order valence-corrected chi connectivity index (χ0v) is 41.1. The van der Waals surface area contributed by atoms with Crippen LogP contribution in [0.4, 0.5) is 0 Å². The van der Waals surface area contributed by atoms with Gasteiger partial charge in [0.1, 0.15) is 6.61 Å². The number of unbranched alkanes of at least 4 members (excludes halogenated alkanes) is 24. The molecule has 0 heterocycles. The van der Waals surface area contributed by atoms with Gasteiger partial charge in [0.2, 0.25) is 0 Å².